The van der Waals surface area contributed by atoms with Gasteiger partial charge >= 0.3 is 5.97 Å². The number of aliphatic carboxylic acids is 1. The SMILES string of the molecule is CN1C(=O)CCC1=O.NC(CS)C(=O)O. The van der Waals surface area contributed by atoms with E-state index in [1.807, 2.05) is 0 Å². The lowest BCUT2D eigenvalue weighted by molar-refractivity contribution is -0.138. The van der Waals surface area contributed by atoms with E-state index < -0.39 is 12.0 Å². The van der Waals surface area contributed by atoms with E-state index in [0.717, 1.165) is 0 Å². The first kappa shape index (κ1) is 13.9. The van der Waals surface area contributed by atoms with E-state index in [1.165, 1.54) is 11.9 Å². The van der Waals surface area contributed by atoms with Crippen LogP contribution in [0.1, 0.15) is 12.8 Å². The summed E-state index contributed by atoms with van der Waals surface area (Å²) < 4.78 is 0. The number of thiol groups is 1. The van der Waals surface area contributed by atoms with E-state index in [2.05, 4.69) is 12.6 Å². The van der Waals surface area contributed by atoms with Gasteiger partial charge in [0.1, 0.15) is 6.04 Å². The molecule has 0 aromatic carbocycles. The second kappa shape index (κ2) is 6.41. The second-order valence-corrected chi connectivity index (χ2v) is 3.34. The number of carboxylic acid groups (broad SMARTS) is 1. The zero-order valence-electron chi connectivity index (χ0n) is 8.34. The van der Waals surface area contributed by atoms with Crippen LogP contribution in [0.4, 0.5) is 0 Å². The molecule has 86 valence electrons. The largest absolute Gasteiger partial charge is 0.480 e. The number of hydrogen-bond donors (Lipinski definition) is 3. The van der Waals surface area contributed by atoms with Gasteiger partial charge < -0.3 is 10.8 Å². The Morgan fingerprint density at radius 1 is 1.53 bits per heavy atom. The summed E-state index contributed by atoms with van der Waals surface area (Å²) in [5.74, 6) is -0.935. The molecular weight excluding hydrogens is 220 g/mol. The number of likely N-dealkylation sites (tertiary alicyclic amines) is 1. The molecule has 0 aromatic heterocycles. The molecular formula is C8H14N2O4S. The third-order valence-corrected chi connectivity index (χ3v) is 2.21. The van der Waals surface area contributed by atoms with Crippen molar-refractivity contribution in [1.29, 1.82) is 0 Å². The van der Waals surface area contributed by atoms with E-state index in [-0.39, 0.29) is 17.6 Å². The molecule has 1 aliphatic heterocycles. The molecule has 1 fully saturated rings. The number of carbonyl (C=O) groups is 3. The normalized spacial score (nSPS) is 17.1. The lowest BCUT2D eigenvalue weighted by Crippen LogP contribution is -2.31. The van der Waals surface area contributed by atoms with Crippen LogP contribution in [0.3, 0.4) is 0 Å². The first-order chi connectivity index (χ1) is 6.90. The predicted octanol–water partition coefficient (Wildman–Crippen LogP) is -0.907. The third-order valence-electron chi connectivity index (χ3n) is 1.81. The number of carboxylic acids is 1. The van der Waals surface area contributed by atoms with Crippen molar-refractivity contribution in [3.63, 3.8) is 0 Å². The number of carbonyl (C=O) groups excluding carboxylic acids is 2. The van der Waals surface area contributed by atoms with Gasteiger partial charge in [0.15, 0.2) is 0 Å². The van der Waals surface area contributed by atoms with Crippen molar-refractivity contribution in [2.24, 2.45) is 5.73 Å². The van der Waals surface area contributed by atoms with Crippen LogP contribution >= 0.6 is 12.6 Å². The molecule has 1 atom stereocenters. The Morgan fingerprint density at radius 2 is 1.93 bits per heavy atom. The van der Waals surface area contributed by atoms with E-state index in [4.69, 9.17) is 10.8 Å². The van der Waals surface area contributed by atoms with Gasteiger partial charge in [0.25, 0.3) is 0 Å². The van der Waals surface area contributed by atoms with Gasteiger partial charge in [0.05, 0.1) is 0 Å². The van der Waals surface area contributed by atoms with Crippen LogP contribution < -0.4 is 5.73 Å². The zero-order valence-corrected chi connectivity index (χ0v) is 9.24. The van der Waals surface area contributed by atoms with Crippen LogP contribution in [0.2, 0.25) is 0 Å². The van der Waals surface area contributed by atoms with Crippen molar-refractivity contribution in [1.82, 2.24) is 4.90 Å². The smallest absolute Gasteiger partial charge is 0.321 e. The quantitative estimate of drug-likeness (QED) is 0.424. The number of hydrogen-bond acceptors (Lipinski definition) is 5. The molecule has 0 aliphatic carbocycles. The van der Waals surface area contributed by atoms with E-state index in [0.29, 0.717) is 12.8 Å². The Bertz CT molecular complexity index is 253. The van der Waals surface area contributed by atoms with Crippen molar-refractivity contribution in [3.8, 4) is 0 Å². The van der Waals surface area contributed by atoms with E-state index >= 15 is 0 Å². The number of rotatable bonds is 2. The van der Waals surface area contributed by atoms with Gasteiger partial charge in [0.2, 0.25) is 11.8 Å². The fraction of sp³-hybridized carbons (Fsp3) is 0.625. The zero-order chi connectivity index (χ0) is 12.0. The van der Waals surface area contributed by atoms with Crippen LogP contribution in [0, 0.1) is 0 Å². The number of amides is 2. The molecule has 3 N–H and O–H groups in total. The van der Waals surface area contributed by atoms with Crippen LogP contribution in [0.15, 0.2) is 0 Å². The summed E-state index contributed by atoms with van der Waals surface area (Å²) in [4.78, 5) is 31.9. The third kappa shape index (κ3) is 4.80. The maximum atomic E-state index is 10.5. The number of nitrogens with two attached hydrogens (primary N) is 1. The van der Waals surface area contributed by atoms with Gasteiger partial charge in [-0.1, -0.05) is 0 Å². The van der Waals surface area contributed by atoms with E-state index in [9.17, 15) is 14.4 Å². The van der Waals surface area contributed by atoms with Crippen LogP contribution in [-0.4, -0.2) is 46.6 Å². The molecule has 0 aromatic rings. The minimum atomic E-state index is -1.00. The average molecular weight is 234 g/mol. The first-order valence-electron chi connectivity index (χ1n) is 4.28. The molecule has 2 amide bonds. The lowest BCUT2D eigenvalue weighted by atomic mass is 10.4. The average Bonchev–Trinajstić information content (AvgIpc) is 2.49. The fourth-order valence-electron chi connectivity index (χ4n) is 0.766. The van der Waals surface area contributed by atoms with Crippen molar-refractivity contribution in [2.75, 3.05) is 12.8 Å². The number of imide groups is 1. The molecule has 0 bridgehead atoms. The molecule has 6 nitrogen and oxygen atoms in total. The summed E-state index contributed by atoms with van der Waals surface area (Å²) in [7, 11) is 1.51. The molecule has 0 saturated carbocycles. The molecule has 1 saturated heterocycles. The maximum absolute atomic E-state index is 10.5. The lowest BCUT2D eigenvalue weighted by Gasteiger charge is -2.01. The van der Waals surface area contributed by atoms with Crippen molar-refractivity contribution < 1.29 is 19.5 Å². The first-order valence-corrected chi connectivity index (χ1v) is 4.92. The molecule has 1 heterocycles. The minimum Gasteiger partial charge on any atom is -0.480 e. The molecule has 0 spiro atoms. The van der Waals surface area contributed by atoms with E-state index in [1.54, 1.807) is 0 Å². The molecule has 15 heavy (non-hydrogen) atoms. The van der Waals surface area contributed by atoms with Gasteiger partial charge in [-0.25, -0.2) is 0 Å². The summed E-state index contributed by atoms with van der Waals surface area (Å²) in [6.07, 6.45) is 0.796. The van der Waals surface area contributed by atoms with Gasteiger partial charge in [-0.15, -0.1) is 0 Å². The topological polar surface area (TPSA) is 101 Å². The summed E-state index contributed by atoms with van der Waals surface area (Å²) in [6.45, 7) is 0. The Morgan fingerprint density at radius 3 is 2.00 bits per heavy atom. The van der Waals surface area contributed by atoms with Crippen molar-refractivity contribution in [3.05, 3.63) is 0 Å². The Balaban J connectivity index is 0.000000265. The minimum absolute atomic E-state index is 0.0602. The Kier molecular flexibility index (Phi) is 5.95. The van der Waals surface area contributed by atoms with Gasteiger partial charge in [-0.05, 0) is 0 Å². The highest BCUT2D eigenvalue weighted by molar-refractivity contribution is 7.80. The summed E-state index contributed by atoms with van der Waals surface area (Å²) >= 11 is 3.65. The standard InChI is InChI=1S/C5H7NO2.C3H7NO2S/c1-6-4(7)2-3-5(6)8;4-2(1-7)3(5)6/h2-3H2,1H3;2,7H,1,4H2,(H,5,6). The predicted molar refractivity (Wildman–Crippen MR) is 56.5 cm³/mol. The molecule has 0 radical (unpaired) electrons. The Labute approximate surface area is 92.8 Å². The van der Waals surface area contributed by atoms with Crippen LogP contribution in [0.5, 0.6) is 0 Å². The van der Waals surface area contributed by atoms with Gasteiger partial charge in [0, 0.05) is 25.6 Å². The molecule has 1 rings (SSSR count). The highest BCUT2D eigenvalue weighted by Crippen LogP contribution is 2.07. The van der Waals surface area contributed by atoms with Gasteiger partial charge in [-0.2, -0.15) is 12.6 Å². The van der Waals surface area contributed by atoms with Crippen molar-refractivity contribution >= 4 is 30.4 Å². The Hall–Kier alpha value is -1.08. The number of nitrogens with zero attached hydrogens (tertiary/aromatic N) is 1. The van der Waals surface area contributed by atoms with Crippen LogP contribution in [-0.2, 0) is 14.4 Å². The second-order valence-electron chi connectivity index (χ2n) is 2.97. The fourth-order valence-corrected chi connectivity index (χ4v) is 0.923. The monoisotopic (exact) mass is 234 g/mol. The molecule has 7 heteroatoms. The highest BCUT2D eigenvalue weighted by atomic mass is 32.1. The van der Waals surface area contributed by atoms with Gasteiger partial charge in [-0.3, -0.25) is 19.3 Å². The highest BCUT2D eigenvalue weighted by Gasteiger charge is 2.24. The summed E-state index contributed by atoms with van der Waals surface area (Å²) in [5.41, 5.74) is 4.94. The summed E-state index contributed by atoms with van der Waals surface area (Å²) in [5, 5.41) is 8.01. The molecule has 1 aliphatic rings. The summed E-state index contributed by atoms with van der Waals surface area (Å²) in [6, 6.07) is -0.816. The molecule has 1 unspecified atom stereocenters. The van der Waals surface area contributed by atoms with Crippen molar-refractivity contribution in [2.45, 2.75) is 18.9 Å². The van der Waals surface area contributed by atoms with Crippen LogP contribution in [0.25, 0.3) is 0 Å². The maximum Gasteiger partial charge on any atom is 0.321 e.